The molecule has 0 amide bonds. The van der Waals surface area contributed by atoms with Gasteiger partial charge in [-0.3, -0.25) is 4.79 Å². The molecule has 0 unspecified atom stereocenters. The Morgan fingerprint density at radius 1 is 1.33 bits per heavy atom. The summed E-state index contributed by atoms with van der Waals surface area (Å²) in [5, 5.41) is 17.8. The van der Waals surface area contributed by atoms with E-state index in [1.54, 1.807) is 24.3 Å². The molecule has 0 fully saturated rings. The lowest BCUT2D eigenvalue weighted by molar-refractivity contribution is 0.601. The second-order valence-electron chi connectivity index (χ2n) is 3.80. The molecule has 1 aromatic carbocycles. The van der Waals surface area contributed by atoms with Gasteiger partial charge in [-0.25, -0.2) is 0 Å². The molecule has 4 heteroatoms. The number of benzene rings is 1. The Hall–Kier alpha value is -2.85. The Balaban J connectivity index is 2.74. The lowest BCUT2D eigenvalue weighted by Gasteiger charge is -1.99. The minimum atomic E-state index is -0.247. The number of allylic oxidation sites excluding steroid dienone is 1. The number of aryl methyl sites for hydroxylation is 1. The third-order valence-electron chi connectivity index (χ3n) is 2.50. The van der Waals surface area contributed by atoms with Crippen LogP contribution in [0.2, 0.25) is 0 Å². The lowest BCUT2D eigenvalue weighted by atomic mass is 10.1. The molecule has 2 aromatic rings. The van der Waals surface area contributed by atoms with Gasteiger partial charge in [0.1, 0.15) is 29.6 Å². The summed E-state index contributed by atoms with van der Waals surface area (Å²) in [4.78, 5) is 12.1. The number of nitriles is 2. The van der Waals surface area contributed by atoms with Crippen molar-refractivity contribution in [2.75, 3.05) is 0 Å². The van der Waals surface area contributed by atoms with Gasteiger partial charge in [0.05, 0.1) is 10.9 Å². The van der Waals surface area contributed by atoms with Gasteiger partial charge in [0, 0.05) is 0 Å². The lowest BCUT2D eigenvalue weighted by Crippen LogP contribution is -2.05. The number of hydrogen-bond donors (Lipinski definition) is 0. The molecule has 1 aromatic heterocycles. The number of hydrogen-bond acceptors (Lipinski definition) is 4. The summed E-state index contributed by atoms with van der Waals surface area (Å²) in [5.74, 6) is 0. The Morgan fingerprint density at radius 3 is 2.72 bits per heavy atom. The average Bonchev–Trinajstić information content (AvgIpc) is 2.39. The van der Waals surface area contributed by atoms with Gasteiger partial charge < -0.3 is 4.42 Å². The Labute approximate surface area is 103 Å². The molecule has 86 valence electrons. The standard InChI is InChI=1S/C14H8N2O2/c1-9-2-3-13-12(4-9)14(17)11(8-18-13)5-10(6-15)7-16/h2-5,8H,1H3. The molecule has 0 saturated carbocycles. The molecule has 0 radical (unpaired) electrons. The van der Waals surface area contributed by atoms with Crippen LogP contribution >= 0.6 is 0 Å². The minimum absolute atomic E-state index is 0.130. The first-order valence-electron chi connectivity index (χ1n) is 5.20. The van der Waals surface area contributed by atoms with Gasteiger partial charge in [-0.05, 0) is 25.1 Å². The highest BCUT2D eigenvalue weighted by atomic mass is 16.3. The number of fused-ring (bicyclic) bond motifs is 1. The van der Waals surface area contributed by atoms with E-state index in [4.69, 9.17) is 14.9 Å². The van der Waals surface area contributed by atoms with Crippen LogP contribution in [0.5, 0.6) is 0 Å². The van der Waals surface area contributed by atoms with Gasteiger partial charge in [-0.15, -0.1) is 0 Å². The van der Waals surface area contributed by atoms with Crippen LogP contribution in [0.4, 0.5) is 0 Å². The van der Waals surface area contributed by atoms with Crippen LogP contribution in [0.3, 0.4) is 0 Å². The van der Waals surface area contributed by atoms with Crippen molar-refractivity contribution in [3.05, 3.63) is 51.4 Å². The van der Waals surface area contributed by atoms with E-state index in [1.807, 2.05) is 13.0 Å². The van der Waals surface area contributed by atoms with Crippen LogP contribution in [0.15, 0.2) is 39.2 Å². The van der Waals surface area contributed by atoms with E-state index in [2.05, 4.69) is 0 Å². The zero-order valence-electron chi connectivity index (χ0n) is 9.60. The van der Waals surface area contributed by atoms with Crippen LogP contribution in [-0.4, -0.2) is 0 Å². The van der Waals surface area contributed by atoms with Crippen molar-refractivity contribution in [3.63, 3.8) is 0 Å². The summed E-state index contributed by atoms with van der Waals surface area (Å²) in [6.45, 7) is 1.87. The van der Waals surface area contributed by atoms with Crippen molar-refractivity contribution < 1.29 is 4.42 Å². The first kappa shape index (κ1) is 11.6. The molecule has 0 atom stereocenters. The summed E-state index contributed by atoms with van der Waals surface area (Å²) >= 11 is 0. The van der Waals surface area contributed by atoms with Gasteiger partial charge in [-0.1, -0.05) is 11.6 Å². The Bertz CT molecular complexity index is 770. The van der Waals surface area contributed by atoms with Crippen LogP contribution in [-0.2, 0) is 0 Å². The van der Waals surface area contributed by atoms with Gasteiger partial charge in [0.2, 0.25) is 0 Å². The molecule has 1 heterocycles. The third-order valence-corrected chi connectivity index (χ3v) is 2.50. The van der Waals surface area contributed by atoms with Crippen LogP contribution in [0.25, 0.3) is 17.0 Å². The molecule has 0 N–H and O–H groups in total. The zero-order valence-corrected chi connectivity index (χ0v) is 9.60. The zero-order chi connectivity index (χ0) is 13.1. The van der Waals surface area contributed by atoms with E-state index < -0.39 is 0 Å². The molecule has 0 spiro atoms. The summed E-state index contributed by atoms with van der Waals surface area (Å²) in [7, 11) is 0. The maximum Gasteiger partial charge on any atom is 0.199 e. The van der Waals surface area contributed by atoms with Gasteiger partial charge in [-0.2, -0.15) is 10.5 Å². The predicted octanol–water partition coefficient (Wildman–Crippen LogP) is 2.53. The van der Waals surface area contributed by atoms with Crippen molar-refractivity contribution in [3.8, 4) is 12.1 Å². The fourth-order valence-corrected chi connectivity index (χ4v) is 1.60. The molecule has 0 bridgehead atoms. The summed E-state index contributed by atoms with van der Waals surface area (Å²) < 4.78 is 5.31. The molecule has 2 rings (SSSR count). The average molecular weight is 236 g/mol. The van der Waals surface area contributed by atoms with Gasteiger partial charge >= 0.3 is 0 Å². The number of rotatable bonds is 1. The van der Waals surface area contributed by atoms with Crippen molar-refractivity contribution in [1.29, 1.82) is 10.5 Å². The van der Waals surface area contributed by atoms with E-state index in [1.165, 1.54) is 12.3 Å². The van der Waals surface area contributed by atoms with Crippen molar-refractivity contribution in [2.45, 2.75) is 6.92 Å². The van der Waals surface area contributed by atoms with Crippen molar-refractivity contribution >= 4 is 17.0 Å². The molecular weight excluding hydrogens is 228 g/mol. The van der Waals surface area contributed by atoms with Crippen LogP contribution in [0, 0.1) is 29.6 Å². The van der Waals surface area contributed by atoms with Crippen LogP contribution in [0.1, 0.15) is 11.1 Å². The minimum Gasteiger partial charge on any atom is -0.463 e. The van der Waals surface area contributed by atoms with E-state index in [0.29, 0.717) is 11.0 Å². The third kappa shape index (κ3) is 2.00. The SMILES string of the molecule is Cc1ccc2occ(C=C(C#N)C#N)c(=O)c2c1. The van der Waals surface area contributed by atoms with E-state index in [-0.39, 0.29) is 16.6 Å². The largest absolute Gasteiger partial charge is 0.463 e. The predicted molar refractivity (Wildman–Crippen MR) is 66.4 cm³/mol. The maximum atomic E-state index is 12.1. The van der Waals surface area contributed by atoms with E-state index in [0.717, 1.165) is 5.56 Å². The highest BCUT2D eigenvalue weighted by Gasteiger charge is 2.06. The topological polar surface area (TPSA) is 77.8 Å². The second-order valence-corrected chi connectivity index (χ2v) is 3.80. The molecule has 0 aliphatic rings. The van der Waals surface area contributed by atoms with Crippen LogP contribution < -0.4 is 5.43 Å². The first-order valence-corrected chi connectivity index (χ1v) is 5.20. The highest BCUT2D eigenvalue weighted by molar-refractivity contribution is 5.80. The Morgan fingerprint density at radius 2 is 2.06 bits per heavy atom. The smallest absolute Gasteiger partial charge is 0.199 e. The molecule has 0 aliphatic carbocycles. The molecule has 18 heavy (non-hydrogen) atoms. The Kier molecular flexibility index (Phi) is 2.95. The molecule has 0 saturated heterocycles. The normalized spacial score (nSPS) is 9.50. The maximum absolute atomic E-state index is 12.1. The highest BCUT2D eigenvalue weighted by Crippen LogP contribution is 2.14. The van der Waals surface area contributed by atoms with Gasteiger partial charge in [0.15, 0.2) is 5.43 Å². The fraction of sp³-hybridized carbons (Fsp3) is 0.0714. The van der Waals surface area contributed by atoms with Crippen molar-refractivity contribution in [2.24, 2.45) is 0 Å². The van der Waals surface area contributed by atoms with Gasteiger partial charge in [0.25, 0.3) is 0 Å². The summed E-state index contributed by atoms with van der Waals surface area (Å²) in [5.41, 5.74) is 1.25. The molecule has 0 aliphatic heterocycles. The number of nitrogens with zero attached hydrogens (tertiary/aromatic N) is 2. The quantitative estimate of drug-likeness (QED) is 0.713. The monoisotopic (exact) mass is 236 g/mol. The molecular formula is C14H8N2O2. The first-order chi connectivity index (χ1) is 8.65. The van der Waals surface area contributed by atoms with E-state index >= 15 is 0 Å². The fourth-order valence-electron chi connectivity index (χ4n) is 1.60. The summed E-state index contributed by atoms with van der Waals surface area (Å²) in [6.07, 6.45) is 2.49. The van der Waals surface area contributed by atoms with E-state index in [9.17, 15) is 4.79 Å². The second kappa shape index (κ2) is 4.57. The summed E-state index contributed by atoms with van der Waals surface area (Å²) in [6, 6.07) is 8.69. The molecule has 4 nitrogen and oxygen atoms in total. The van der Waals surface area contributed by atoms with Crippen molar-refractivity contribution in [1.82, 2.24) is 0 Å².